The maximum atomic E-state index is 12.0. The predicted octanol–water partition coefficient (Wildman–Crippen LogP) is 2.20. The molecule has 3 aromatic rings. The molecule has 0 radical (unpaired) electrons. The van der Waals surface area contributed by atoms with Gasteiger partial charge in [-0.3, -0.25) is 4.79 Å². The number of aromatic amines is 1. The number of carbonyl (C=O) groups is 1. The molecule has 0 spiro atoms. The number of H-pyrrole nitrogens is 1. The van der Waals surface area contributed by atoms with E-state index in [9.17, 15) is 4.79 Å². The number of hydrogen-bond donors (Lipinski definition) is 2. The van der Waals surface area contributed by atoms with Gasteiger partial charge >= 0.3 is 0 Å². The zero-order valence-electron chi connectivity index (χ0n) is 13.9. The molecule has 0 aliphatic carbocycles. The van der Waals surface area contributed by atoms with Gasteiger partial charge in [0.1, 0.15) is 13.2 Å². The highest BCUT2D eigenvalue weighted by Crippen LogP contribution is 2.34. The Balaban J connectivity index is 1.53. The summed E-state index contributed by atoms with van der Waals surface area (Å²) in [7, 11) is 0. The topological polar surface area (TPSA) is 89.1 Å². The molecule has 0 bridgehead atoms. The fraction of sp³-hybridized carbons (Fsp3) is 0.211. The second-order valence-corrected chi connectivity index (χ2v) is 6.21. The van der Waals surface area contributed by atoms with E-state index in [4.69, 9.17) is 9.47 Å². The van der Waals surface area contributed by atoms with E-state index in [0.717, 1.165) is 34.8 Å². The van der Waals surface area contributed by atoms with E-state index in [2.05, 4.69) is 20.3 Å². The van der Waals surface area contributed by atoms with Crippen molar-refractivity contribution in [1.29, 1.82) is 0 Å². The van der Waals surface area contributed by atoms with Crippen LogP contribution < -0.4 is 14.8 Å². The van der Waals surface area contributed by atoms with Gasteiger partial charge < -0.3 is 19.8 Å². The minimum Gasteiger partial charge on any atom is -0.486 e. The van der Waals surface area contributed by atoms with Crippen molar-refractivity contribution in [3.63, 3.8) is 0 Å². The van der Waals surface area contributed by atoms with E-state index in [1.807, 2.05) is 30.3 Å². The van der Waals surface area contributed by atoms with Crippen molar-refractivity contribution in [2.75, 3.05) is 19.8 Å². The van der Waals surface area contributed by atoms with Gasteiger partial charge in [0, 0.05) is 30.4 Å². The summed E-state index contributed by atoms with van der Waals surface area (Å²) < 4.78 is 11.2. The van der Waals surface area contributed by atoms with Crippen LogP contribution in [0.2, 0.25) is 0 Å². The molecule has 2 N–H and O–H groups in total. The van der Waals surface area contributed by atoms with E-state index in [1.165, 1.54) is 0 Å². The lowest BCUT2D eigenvalue weighted by molar-refractivity contribution is 0.0946. The van der Waals surface area contributed by atoms with Crippen molar-refractivity contribution in [2.45, 2.75) is 6.42 Å². The van der Waals surface area contributed by atoms with Crippen LogP contribution in [0, 0.1) is 0 Å². The molecule has 5 rings (SSSR count). The first-order valence-corrected chi connectivity index (χ1v) is 8.51. The molecule has 2 aromatic heterocycles. The Bertz CT molecular complexity index is 1010. The largest absolute Gasteiger partial charge is 0.486 e. The van der Waals surface area contributed by atoms with Crippen LogP contribution in [0.1, 0.15) is 16.1 Å². The number of amides is 1. The molecule has 2 aliphatic heterocycles. The zero-order valence-corrected chi connectivity index (χ0v) is 13.9. The maximum Gasteiger partial charge on any atom is 0.253 e. The summed E-state index contributed by atoms with van der Waals surface area (Å²) in [5.41, 5.74) is 4.04. The molecule has 7 nitrogen and oxygen atoms in total. The predicted molar refractivity (Wildman–Crippen MR) is 94.3 cm³/mol. The van der Waals surface area contributed by atoms with E-state index in [-0.39, 0.29) is 5.91 Å². The number of nitrogens with zero attached hydrogens (tertiary/aromatic N) is 2. The molecule has 26 heavy (non-hydrogen) atoms. The van der Waals surface area contributed by atoms with E-state index >= 15 is 0 Å². The van der Waals surface area contributed by atoms with Gasteiger partial charge in [-0.1, -0.05) is 0 Å². The van der Waals surface area contributed by atoms with Gasteiger partial charge in [0.2, 0.25) is 0 Å². The summed E-state index contributed by atoms with van der Waals surface area (Å²) in [6.45, 7) is 1.74. The van der Waals surface area contributed by atoms with Crippen LogP contribution in [0.5, 0.6) is 11.5 Å². The van der Waals surface area contributed by atoms with Crippen LogP contribution in [0.3, 0.4) is 0 Å². The molecule has 1 aromatic carbocycles. The third-order valence-electron chi connectivity index (χ3n) is 4.54. The molecule has 0 saturated carbocycles. The number of aromatic nitrogens is 3. The first-order valence-electron chi connectivity index (χ1n) is 8.51. The smallest absolute Gasteiger partial charge is 0.253 e. The standard InChI is InChI=1S/C19H16N4O3/c24-19-12-10-15(22-13(12)3-6-21-19)14-4-5-20-18(23-14)11-1-2-16-17(9-11)26-8-7-25-16/h1-2,4-5,9-10,22H,3,6-8H2,(H,21,24). The van der Waals surface area contributed by atoms with Crippen molar-refractivity contribution in [3.8, 4) is 34.3 Å². The van der Waals surface area contributed by atoms with Gasteiger partial charge in [0.25, 0.3) is 5.91 Å². The SMILES string of the molecule is O=C1NCCc2[nH]c(-c3ccnc(-c4ccc5c(c4)OCCO5)n3)cc21. The molecule has 7 heteroatoms. The Hall–Kier alpha value is -3.35. The van der Waals surface area contributed by atoms with E-state index in [1.54, 1.807) is 6.20 Å². The van der Waals surface area contributed by atoms with Crippen molar-refractivity contribution >= 4 is 5.91 Å². The third-order valence-corrected chi connectivity index (χ3v) is 4.54. The number of carbonyl (C=O) groups excluding carboxylic acids is 1. The first kappa shape index (κ1) is 14.9. The average molecular weight is 348 g/mol. The summed E-state index contributed by atoms with van der Waals surface area (Å²) in [5, 5.41) is 2.85. The summed E-state index contributed by atoms with van der Waals surface area (Å²) in [6, 6.07) is 9.36. The molecule has 0 saturated heterocycles. The van der Waals surface area contributed by atoms with Gasteiger partial charge in [-0.2, -0.15) is 0 Å². The Morgan fingerprint density at radius 3 is 2.81 bits per heavy atom. The highest BCUT2D eigenvalue weighted by atomic mass is 16.6. The molecule has 130 valence electrons. The summed E-state index contributed by atoms with van der Waals surface area (Å²) in [6.07, 6.45) is 2.51. The van der Waals surface area contributed by atoms with Gasteiger partial charge in [-0.05, 0) is 30.3 Å². The molecular weight excluding hydrogens is 332 g/mol. The van der Waals surface area contributed by atoms with Crippen LogP contribution in [-0.2, 0) is 6.42 Å². The fourth-order valence-corrected chi connectivity index (χ4v) is 3.26. The lowest BCUT2D eigenvalue weighted by Gasteiger charge is -2.18. The Morgan fingerprint density at radius 1 is 1.04 bits per heavy atom. The molecule has 1 amide bonds. The second-order valence-electron chi connectivity index (χ2n) is 6.21. The molecule has 0 unspecified atom stereocenters. The van der Waals surface area contributed by atoms with E-state index < -0.39 is 0 Å². The van der Waals surface area contributed by atoms with E-state index in [0.29, 0.717) is 36.9 Å². The highest BCUT2D eigenvalue weighted by molar-refractivity contribution is 5.97. The van der Waals surface area contributed by atoms with Crippen molar-refractivity contribution < 1.29 is 14.3 Å². The number of hydrogen-bond acceptors (Lipinski definition) is 5. The minimum atomic E-state index is -0.0464. The summed E-state index contributed by atoms with van der Waals surface area (Å²) >= 11 is 0. The number of ether oxygens (including phenoxy) is 2. The van der Waals surface area contributed by atoms with Crippen LogP contribution in [-0.4, -0.2) is 40.6 Å². The quantitative estimate of drug-likeness (QED) is 0.741. The van der Waals surface area contributed by atoms with Crippen LogP contribution in [0.25, 0.3) is 22.8 Å². The number of nitrogens with one attached hydrogen (secondary N) is 2. The molecule has 2 aliphatic rings. The maximum absolute atomic E-state index is 12.0. The van der Waals surface area contributed by atoms with Crippen LogP contribution in [0.4, 0.5) is 0 Å². The minimum absolute atomic E-state index is 0.0464. The first-order chi connectivity index (χ1) is 12.8. The third kappa shape index (κ3) is 2.48. The molecule has 0 atom stereocenters. The Morgan fingerprint density at radius 2 is 1.92 bits per heavy atom. The van der Waals surface area contributed by atoms with Crippen LogP contribution in [0.15, 0.2) is 36.5 Å². The number of benzene rings is 1. The van der Waals surface area contributed by atoms with Crippen molar-refractivity contribution in [1.82, 2.24) is 20.3 Å². The van der Waals surface area contributed by atoms with Crippen molar-refractivity contribution in [3.05, 3.63) is 47.8 Å². The molecule has 0 fully saturated rings. The van der Waals surface area contributed by atoms with Gasteiger partial charge in [0.05, 0.1) is 17.0 Å². The zero-order chi connectivity index (χ0) is 17.5. The molecule has 4 heterocycles. The molecular formula is C19H16N4O3. The monoisotopic (exact) mass is 348 g/mol. The number of rotatable bonds is 2. The lowest BCUT2D eigenvalue weighted by Crippen LogP contribution is -2.31. The summed E-state index contributed by atoms with van der Waals surface area (Å²) in [5.74, 6) is 1.99. The number of fused-ring (bicyclic) bond motifs is 2. The lowest BCUT2D eigenvalue weighted by atomic mass is 10.1. The van der Waals surface area contributed by atoms with Crippen molar-refractivity contribution in [2.24, 2.45) is 0 Å². The Kier molecular flexibility index (Phi) is 3.38. The summed E-state index contributed by atoms with van der Waals surface area (Å²) in [4.78, 5) is 24.3. The highest BCUT2D eigenvalue weighted by Gasteiger charge is 2.21. The van der Waals surface area contributed by atoms with Gasteiger partial charge in [0.15, 0.2) is 17.3 Å². The van der Waals surface area contributed by atoms with Gasteiger partial charge in [-0.25, -0.2) is 9.97 Å². The Labute approximate surface area is 149 Å². The fourth-order valence-electron chi connectivity index (χ4n) is 3.26. The van der Waals surface area contributed by atoms with Crippen LogP contribution >= 0.6 is 0 Å². The van der Waals surface area contributed by atoms with Gasteiger partial charge in [-0.15, -0.1) is 0 Å². The average Bonchev–Trinajstić information content (AvgIpc) is 3.14. The second kappa shape index (κ2) is 5.87. The normalized spacial score (nSPS) is 15.3.